The Morgan fingerprint density at radius 3 is 2.80 bits per heavy atom. The summed E-state index contributed by atoms with van der Waals surface area (Å²) in [5.41, 5.74) is 4.17. The molecule has 0 saturated heterocycles. The van der Waals surface area contributed by atoms with Crippen molar-refractivity contribution in [2.24, 2.45) is 7.05 Å². The summed E-state index contributed by atoms with van der Waals surface area (Å²) in [5, 5.41) is 10.2. The van der Waals surface area contributed by atoms with Crippen LogP contribution in [0.1, 0.15) is 16.8 Å². The molecule has 0 unspecified atom stereocenters. The molecule has 2 N–H and O–H groups in total. The van der Waals surface area contributed by atoms with Gasteiger partial charge in [-0.15, -0.1) is 0 Å². The average molecular weight is 272 g/mol. The van der Waals surface area contributed by atoms with Gasteiger partial charge in [0.05, 0.1) is 12.7 Å². The minimum absolute atomic E-state index is 0.0443. The second kappa shape index (κ2) is 6.34. The highest BCUT2D eigenvalue weighted by molar-refractivity contribution is 5.92. The smallest absolute Gasteiger partial charge is 0.238 e. The van der Waals surface area contributed by atoms with E-state index in [-0.39, 0.29) is 12.5 Å². The summed E-state index contributed by atoms with van der Waals surface area (Å²) in [7, 11) is 1.91. The van der Waals surface area contributed by atoms with E-state index < -0.39 is 0 Å². The van der Waals surface area contributed by atoms with Crippen LogP contribution >= 0.6 is 0 Å². The number of carbonyl (C=O) groups excluding carboxylic acids is 1. The van der Waals surface area contributed by atoms with Crippen molar-refractivity contribution in [2.75, 3.05) is 11.9 Å². The molecule has 0 aliphatic carbocycles. The number of nitrogens with zero attached hydrogens (tertiary/aromatic N) is 2. The van der Waals surface area contributed by atoms with Crippen LogP contribution < -0.4 is 10.6 Å². The van der Waals surface area contributed by atoms with Gasteiger partial charge < -0.3 is 10.6 Å². The number of anilines is 1. The summed E-state index contributed by atoms with van der Waals surface area (Å²) in [5.74, 6) is -0.0443. The normalized spacial score (nSPS) is 10.6. The van der Waals surface area contributed by atoms with Gasteiger partial charge in [-0.2, -0.15) is 5.10 Å². The highest BCUT2D eigenvalue weighted by Gasteiger charge is 2.05. The van der Waals surface area contributed by atoms with Crippen LogP contribution in [0, 0.1) is 13.8 Å². The number of aromatic nitrogens is 2. The molecule has 106 valence electrons. The maximum absolute atomic E-state index is 11.8. The maximum atomic E-state index is 11.8. The zero-order valence-corrected chi connectivity index (χ0v) is 12.1. The summed E-state index contributed by atoms with van der Waals surface area (Å²) in [4.78, 5) is 11.8. The zero-order valence-electron chi connectivity index (χ0n) is 12.1. The Morgan fingerprint density at radius 1 is 1.35 bits per heavy atom. The molecule has 0 spiro atoms. The first-order valence-electron chi connectivity index (χ1n) is 6.61. The minimum atomic E-state index is -0.0443. The Bertz CT molecular complexity index is 604. The molecular weight excluding hydrogens is 252 g/mol. The van der Waals surface area contributed by atoms with Crippen molar-refractivity contribution in [2.45, 2.75) is 20.4 Å². The molecule has 0 atom stereocenters. The van der Waals surface area contributed by atoms with E-state index in [9.17, 15) is 4.79 Å². The fourth-order valence-electron chi connectivity index (χ4n) is 1.96. The van der Waals surface area contributed by atoms with E-state index in [1.807, 2.05) is 56.0 Å². The van der Waals surface area contributed by atoms with E-state index in [4.69, 9.17) is 0 Å². The number of carbonyl (C=O) groups is 1. The van der Waals surface area contributed by atoms with Gasteiger partial charge in [-0.3, -0.25) is 9.48 Å². The quantitative estimate of drug-likeness (QED) is 0.872. The van der Waals surface area contributed by atoms with E-state index in [1.165, 1.54) is 0 Å². The summed E-state index contributed by atoms with van der Waals surface area (Å²) < 4.78 is 1.82. The molecule has 0 fully saturated rings. The Hall–Kier alpha value is -2.14. The number of hydrogen-bond donors (Lipinski definition) is 2. The molecule has 1 heterocycles. The van der Waals surface area contributed by atoms with Crippen molar-refractivity contribution in [1.29, 1.82) is 0 Å². The number of aryl methyl sites for hydroxylation is 2. The molecule has 2 aromatic rings. The third-order valence-corrected chi connectivity index (χ3v) is 3.24. The molecule has 0 saturated carbocycles. The third kappa shape index (κ3) is 3.68. The molecule has 20 heavy (non-hydrogen) atoms. The van der Waals surface area contributed by atoms with Crippen LogP contribution in [0.5, 0.6) is 0 Å². The van der Waals surface area contributed by atoms with Crippen LogP contribution in [0.2, 0.25) is 0 Å². The number of hydrogen-bond acceptors (Lipinski definition) is 3. The number of benzene rings is 1. The molecule has 1 aromatic carbocycles. The molecule has 0 aliphatic heterocycles. The Labute approximate surface area is 119 Å². The lowest BCUT2D eigenvalue weighted by Crippen LogP contribution is -2.27. The molecule has 0 radical (unpaired) electrons. The van der Waals surface area contributed by atoms with Crippen molar-refractivity contribution >= 4 is 11.6 Å². The van der Waals surface area contributed by atoms with Gasteiger partial charge in [0.1, 0.15) is 0 Å². The first kappa shape index (κ1) is 14.3. The van der Waals surface area contributed by atoms with Crippen LogP contribution in [0.25, 0.3) is 0 Å². The summed E-state index contributed by atoms with van der Waals surface area (Å²) in [6.07, 6.45) is 1.82. The first-order chi connectivity index (χ1) is 9.56. The second-order valence-corrected chi connectivity index (χ2v) is 4.90. The fourth-order valence-corrected chi connectivity index (χ4v) is 1.96. The molecule has 1 amide bonds. The number of nitrogens with one attached hydrogen (secondary N) is 2. The van der Waals surface area contributed by atoms with Gasteiger partial charge in [-0.1, -0.05) is 12.1 Å². The van der Waals surface area contributed by atoms with Gasteiger partial charge in [0, 0.05) is 30.5 Å². The van der Waals surface area contributed by atoms with Crippen molar-refractivity contribution < 1.29 is 4.79 Å². The maximum Gasteiger partial charge on any atom is 0.238 e. The van der Waals surface area contributed by atoms with E-state index in [2.05, 4.69) is 15.7 Å². The molecule has 5 nitrogen and oxygen atoms in total. The van der Waals surface area contributed by atoms with Gasteiger partial charge in [-0.25, -0.2) is 0 Å². The first-order valence-corrected chi connectivity index (χ1v) is 6.61. The number of rotatable bonds is 5. The number of amides is 1. The highest BCUT2D eigenvalue weighted by atomic mass is 16.1. The summed E-state index contributed by atoms with van der Waals surface area (Å²) in [6, 6.07) is 7.76. The van der Waals surface area contributed by atoms with Crippen LogP contribution in [0.15, 0.2) is 30.5 Å². The van der Waals surface area contributed by atoms with E-state index in [0.717, 1.165) is 22.5 Å². The van der Waals surface area contributed by atoms with Gasteiger partial charge >= 0.3 is 0 Å². The lowest BCUT2D eigenvalue weighted by molar-refractivity contribution is -0.115. The molecule has 1 aromatic heterocycles. The fraction of sp³-hybridized carbons (Fsp3) is 0.333. The lowest BCUT2D eigenvalue weighted by atomic mass is 10.2. The second-order valence-electron chi connectivity index (χ2n) is 4.90. The SMILES string of the molecule is Cc1cccc(NC(=O)CNCc2cnn(C)c2C)c1. The zero-order chi connectivity index (χ0) is 14.5. The van der Waals surface area contributed by atoms with Crippen LogP contribution in [-0.4, -0.2) is 22.2 Å². The summed E-state index contributed by atoms with van der Waals surface area (Å²) >= 11 is 0. The molecule has 2 rings (SSSR count). The monoisotopic (exact) mass is 272 g/mol. The molecule has 5 heteroatoms. The van der Waals surface area contributed by atoms with Crippen molar-refractivity contribution in [3.63, 3.8) is 0 Å². The molecule has 0 bridgehead atoms. The topological polar surface area (TPSA) is 59.0 Å². The Balaban J connectivity index is 1.80. The standard InChI is InChI=1S/C15H20N4O/c1-11-5-4-6-14(7-11)18-15(20)10-16-8-13-9-17-19(3)12(13)2/h4-7,9,16H,8,10H2,1-3H3,(H,18,20). The van der Waals surface area contributed by atoms with Gasteiger partial charge in [0.2, 0.25) is 5.91 Å². The van der Waals surface area contributed by atoms with Crippen molar-refractivity contribution in [1.82, 2.24) is 15.1 Å². The Morgan fingerprint density at radius 2 is 2.15 bits per heavy atom. The predicted molar refractivity (Wildman–Crippen MR) is 79.5 cm³/mol. The van der Waals surface area contributed by atoms with Gasteiger partial charge in [0.15, 0.2) is 0 Å². The predicted octanol–water partition coefficient (Wildman–Crippen LogP) is 1.77. The van der Waals surface area contributed by atoms with E-state index in [0.29, 0.717) is 6.54 Å². The Kier molecular flexibility index (Phi) is 4.53. The van der Waals surface area contributed by atoms with Crippen molar-refractivity contribution in [3.05, 3.63) is 47.3 Å². The lowest BCUT2D eigenvalue weighted by Gasteiger charge is -2.07. The van der Waals surface area contributed by atoms with Crippen LogP contribution in [0.3, 0.4) is 0 Å². The molecule has 0 aliphatic rings. The van der Waals surface area contributed by atoms with Crippen molar-refractivity contribution in [3.8, 4) is 0 Å². The van der Waals surface area contributed by atoms with E-state index >= 15 is 0 Å². The highest BCUT2D eigenvalue weighted by Crippen LogP contribution is 2.09. The van der Waals surface area contributed by atoms with E-state index in [1.54, 1.807) is 0 Å². The van der Waals surface area contributed by atoms with Gasteiger partial charge in [-0.05, 0) is 31.5 Å². The minimum Gasteiger partial charge on any atom is -0.325 e. The molecular formula is C15H20N4O. The van der Waals surface area contributed by atoms with Crippen LogP contribution in [-0.2, 0) is 18.4 Å². The van der Waals surface area contributed by atoms with Crippen LogP contribution in [0.4, 0.5) is 5.69 Å². The largest absolute Gasteiger partial charge is 0.325 e. The average Bonchev–Trinajstić information content (AvgIpc) is 2.71. The third-order valence-electron chi connectivity index (χ3n) is 3.24. The van der Waals surface area contributed by atoms with Gasteiger partial charge in [0.25, 0.3) is 0 Å². The summed E-state index contributed by atoms with van der Waals surface area (Å²) in [6.45, 7) is 4.93.